The predicted molar refractivity (Wildman–Crippen MR) is 144 cm³/mol. The standard InChI is InChI=1S/C27H23ClF3N5O2S/c1-16-5-3-7-18(11-16)25(38)32-14-23-34-35-26(36(23)20-8-4-6-17(2)12-20)39-15-24(37)33-22-13-19(27(29,30)31)9-10-21(22)28/h3-13H,14-15H2,1-2H3,(H,32,38)(H,33,37). The smallest absolute Gasteiger partial charge is 0.345 e. The highest BCUT2D eigenvalue weighted by atomic mass is 35.5. The average Bonchev–Trinajstić information content (AvgIpc) is 3.29. The minimum atomic E-state index is -4.58. The second kappa shape index (κ2) is 11.9. The molecule has 3 aromatic carbocycles. The summed E-state index contributed by atoms with van der Waals surface area (Å²) in [6.45, 7) is 3.89. The fourth-order valence-corrected chi connectivity index (χ4v) is 4.63. The molecule has 4 aromatic rings. The van der Waals surface area contributed by atoms with Gasteiger partial charge < -0.3 is 10.6 Å². The summed E-state index contributed by atoms with van der Waals surface area (Å²) < 4.78 is 40.9. The van der Waals surface area contributed by atoms with Crippen molar-refractivity contribution in [3.8, 4) is 5.69 Å². The number of alkyl halides is 3. The molecule has 0 bridgehead atoms. The van der Waals surface area contributed by atoms with E-state index in [0.717, 1.165) is 46.8 Å². The van der Waals surface area contributed by atoms with Crippen molar-refractivity contribution in [3.05, 3.63) is 99.8 Å². The third-order valence-electron chi connectivity index (χ3n) is 5.55. The Bertz CT molecular complexity index is 1520. The summed E-state index contributed by atoms with van der Waals surface area (Å²) in [6.07, 6.45) is -4.58. The second-order valence-electron chi connectivity index (χ2n) is 8.65. The minimum absolute atomic E-state index is 0.0177. The van der Waals surface area contributed by atoms with Crippen LogP contribution in [-0.2, 0) is 17.5 Å². The zero-order valence-electron chi connectivity index (χ0n) is 20.8. The summed E-state index contributed by atoms with van der Waals surface area (Å²) >= 11 is 7.04. The molecule has 0 saturated heterocycles. The van der Waals surface area contributed by atoms with Crippen LogP contribution in [0.1, 0.15) is 32.9 Å². The molecule has 1 heterocycles. The van der Waals surface area contributed by atoms with Crippen molar-refractivity contribution < 1.29 is 22.8 Å². The number of benzene rings is 3. The number of aryl methyl sites for hydroxylation is 2. The van der Waals surface area contributed by atoms with Crippen molar-refractivity contribution in [2.24, 2.45) is 0 Å². The van der Waals surface area contributed by atoms with Crippen LogP contribution in [0.5, 0.6) is 0 Å². The number of rotatable bonds is 8. The molecule has 0 radical (unpaired) electrons. The maximum absolute atomic E-state index is 13.1. The van der Waals surface area contributed by atoms with E-state index in [1.165, 1.54) is 0 Å². The van der Waals surface area contributed by atoms with Gasteiger partial charge in [0.25, 0.3) is 5.91 Å². The van der Waals surface area contributed by atoms with E-state index < -0.39 is 17.6 Å². The molecule has 202 valence electrons. The van der Waals surface area contributed by atoms with Crippen LogP contribution in [0.15, 0.2) is 71.9 Å². The molecule has 0 fully saturated rings. The van der Waals surface area contributed by atoms with Crippen LogP contribution in [0.3, 0.4) is 0 Å². The van der Waals surface area contributed by atoms with E-state index in [-0.39, 0.29) is 28.9 Å². The lowest BCUT2D eigenvalue weighted by Crippen LogP contribution is -2.24. The summed E-state index contributed by atoms with van der Waals surface area (Å²) in [5.74, 6) is -0.588. The minimum Gasteiger partial charge on any atom is -0.345 e. The SMILES string of the molecule is Cc1cccc(C(=O)NCc2nnc(SCC(=O)Nc3cc(C(F)(F)F)ccc3Cl)n2-c2cccc(C)c2)c1. The number of halogens is 4. The first kappa shape index (κ1) is 28.2. The van der Waals surface area contributed by atoms with E-state index in [4.69, 9.17) is 11.6 Å². The molecular weight excluding hydrogens is 551 g/mol. The summed E-state index contributed by atoms with van der Waals surface area (Å²) in [4.78, 5) is 25.3. The highest BCUT2D eigenvalue weighted by molar-refractivity contribution is 7.99. The molecule has 0 saturated carbocycles. The summed E-state index contributed by atoms with van der Waals surface area (Å²) in [7, 11) is 0. The van der Waals surface area contributed by atoms with Crippen LogP contribution in [-0.4, -0.2) is 32.3 Å². The van der Waals surface area contributed by atoms with Crippen LogP contribution < -0.4 is 10.6 Å². The van der Waals surface area contributed by atoms with Gasteiger partial charge in [-0.05, 0) is 61.9 Å². The van der Waals surface area contributed by atoms with Crippen LogP contribution in [0.25, 0.3) is 5.69 Å². The van der Waals surface area contributed by atoms with Crippen LogP contribution >= 0.6 is 23.4 Å². The van der Waals surface area contributed by atoms with Crippen LogP contribution in [0.4, 0.5) is 18.9 Å². The molecule has 39 heavy (non-hydrogen) atoms. The van der Waals surface area contributed by atoms with Gasteiger partial charge >= 0.3 is 6.18 Å². The highest BCUT2D eigenvalue weighted by Crippen LogP contribution is 2.34. The topological polar surface area (TPSA) is 88.9 Å². The maximum Gasteiger partial charge on any atom is 0.416 e. The van der Waals surface area contributed by atoms with Gasteiger partial charge in [0.2, 0.25) is 5.91 Å². The molecule has 0 aliphatic rings. The van der Waals surface area contributed by atoms with Crippen molar-refractivity contribution in [2.75, 3.05) is 11.1 Å². The van der Waals surface area contributed by atoms with E-state index in [1.54, 1.807) is 22.8 Å². The van der Waals surface area contributed by atoms with E-state index >= 15 is 0 Å². The van der Waals surface area contributed by atoms with Gasteiger partial charge in [-0.2, -0.15) is 13.2 Å². The zero-order valence-corrected chi connectivity index (χ0v) is 22.4. The second-order valence-corrected chi connectivity index (χ2v) is 10.0. The van der Waals surface area contributed by atoms with Gasteiger partial charge in [-0.1, -0.05) is 53.2 Å². The first-order valence-corrected chi connectivity index (χ1v) is 13.0. The van der Waals surface area contributed by atoms with Gasteiger partial charge in [0.1, 0.15) is 0 Å². The molecule has 0 spiro atoms. The molecule has 0 aliphatic heterocycles. The van der Waals surface area contributed by atoms with Crippen LogP contribution in [0, 0.1) is 13.8 Å². The Hall–Kier alpha value is -3.83. The van der Waals surface area contributed by atoms with E-state index in [2.05, 4.69) is 20.8 Å². The Morgan fingerprint density at radius 2 is 1.69 bits per heavy atom. The highest BCUT2D eigenvalue weighted by Gasteiger charge is 2.31. The van der Waals surface area contributed by atoms with Gasteiger partial charge in [-0.3, -0.25) is 14.2 Å². The summed E-state index contributed by atoms with van der Waals surface area (Å²) in [5.41, 5.74) is 2.10. The number of aromatic nitrogens is 3. The van der Waals surface area contributed by atoms with E-state index in [0.29, 0.717) is 16.5 Å². The molecular formula is C27H23ClF3N5O2S. The Kier molecular flexibility index (Phi) is 8.61. The van der Waals surface area contributed by atoms with Gasteiger partial charge in [-0.25, -0.2) is 0 Å². The monoisotopic (exact) mass is 573 g/mol. The lowest BCUT2D eigenvalue weighted by Gasteiger charge is -2.13. The zero-order chi connectivity index (χ0) is 28.2. The number of hydrogen-bond donors (Lipinski definition) is 2. The molecule has 12 heteroatoms. The van der Waals surface area contributed by atoms with Gasteiger partial charge in [0.05, 0.1) is 28.6 Å². The number of carbonyl (C=O) groups is 2. The number of nitrogens with zero attached hydrogens (tertiary/aromatic N) is 3. The molecule has 2 N–H and O–H groups in total. The normalized spacial score (nSPS) is 11.3. The van der Waals surface area contributed by atoms with Crippen molar-refractivity contribution in [1.29, 1.82) is 0 Å². The molecule has 0 atom stereocenters. The van der Waals surface area contributed by atoms with Gasteiger partial charge in [0, 0.05) is 11.3 Å². The number of thioether (sulfide) groups is 1. The quantitative estimate of drug-likeness (QED) is 0.244. The first-order chi connectivity index (χ1) is 18.5. The lowest BCUT2D eigenvalue weighted by atomic mass is 10.1. The molecule has 7 nitrogen and oxygen atoms in total. The Morgan fingerprint density at radius 3 is 2.38 bits per heavy atom. The number of amides is 2. The first-order valence-electron chi connectivity index (χ1n) is 11.7. The molecule has 2 amide bonds. The molecule has 0 aliphatic carbocycles. The van der Waals surface area contributed by atoms with E-state index in [1.807, 2.05) is 44.2 Å². The van der Waals surface area contributed by atoms with Gasteiger partial charge in [-0.15, -0.1) is 10.2 Å². The lowest BCUT2D eigenvalue weighted by molar-refractivity contribution is -0.137. The Balaban J connectivity index is 1.51. The third kappa shape index (κ3) is 7.18. The van der Waals surface area contributed by atoms with Crippen molar-refractivity contribution in [3.63, 3.8) is 0 Å². The number of anilines is 1. The largest absolute Gasteiger partial charge is 0.416 e. The van der Waals surface area contributed by atoms with Gasteiger partial charge in [0.15, 0.2) is 11.0 Å². The molecule has 0 unspecified atom stereocenters. The van der Waals surface area contributed by atoms with Crippen molar-refractivity contribution in [1.82, 2.24) is 20.1 Å². The fraction of sp³-hybridized carbons (Fsp3) is 0.185. The predicted octanol–water partition coefficient (Wildman–Crippen LogP) is 6.22. The average molecular weight is 574 g/mol. The number of hydrogen-bond acceptors (Lipinski definition) is 5. The van der Waals surface area contributed by atoms with E-state index in [9.17, 15) is 22.8 Å². The van der Waals surface area contributed by atoms with Crippen molar-refractivity contribution >= 4 is 40.9 Å². The third-order valence-corrected chi connectivity index (χ3v) is 6.81. The summed E-state index contributed by atoms with van der Waals surface area (Å²) in [6, 6.07) is 17.4. The Labute approximate surface area is 231 Å². The number of carbonyl (C=O) groups excluding carboxylic acids is 2. The molecule has 4 rings (SSSR count). The summed E-state index contributed by atoms with van der Waals surface area (Å²) in [5, 5.41) is 14.0. The maximum atomic E-state index is 13.1. The number of nitrogens with one attached hydrogen (secondary N) is 2. The van der Waals surface area contributed by atoms with Crippen molar-refractivity contribution in [2.45, 2.75) is 31.7 Å². The van der Waals surface area contributed by atoms with Crippen LogP contribution in [0.2, 0.25) is 5.02 Å². The fourth-order valence-electron chi connectivity index (χ4n) is 3.70. The molecule has 1 aromatic heterocycles. The Morgan fingerprint density at radius 1 is 0.974 bits per heavy atom.